The quantitative estimate of drug-likeness (QED) is 0.906. The number of amides is 2. The minimum atomic E-state index is -0.247. The van der Waals surface area contributed by atoms with Gasteiger partial charge < -0.3 is 15.0 Å². The molecule has 2 aromatic carbocycles. The number of nitrogens with zero attached hydrogens (tertiary/aromatic N) is 1. The number of methoxy groups -OCH3 is 1. The summed E-state index contributed by atoms with van der Waals surface area (Å²) < 4.78 is 5.17. The predicted octanol–water partition coefficient (Wildman–Crippen LogP) is 3.96. The number of rotatable bonds is 4. The Morgan fingerprint density at radius 1 is 0.923 bits per heavy atom. The second-order valence-corrected chi connectivity index (χ2v) is 6.47. The predicted molar refractivity (Wildman–Crippen MR) is 102 cm³/mol. The number of nitrogens with one attached hydrogen (secondary N) is 1. The van der Waals surface area contributed by atoms with Crippen molar-refractivity contribution in [2.24, 2.45) is 0 Å². The van der Waals surface area contributed by atoms with Crippen LogP contribution in [-0.2, 0) is 0 Å². The van der Waals surface area contributed by atoms with Gasteiger partial charge >= 0.3 is 0 Å². The first-order valence-electron chi connectivity index (χ1n) is 9.02. The highest BCUT2D eigenvalue weighted by Crippen LogP contribution is 2.19. The zero-order valence-corrected chi connectivity index (χ0v) is 15.0. The van der Waals surface area contributed by atoms with Crippen molar-refractivity contribution < 1.29 is 14.3 Å². The van der Waals surface area contributed by atoms with Gasteiger partial charge in [-0.1, -0.05) is 25.0 Å². The Morgan fingerprint density at radius 3 is 2.35 bits per heavy atom. The van der Waals surface area contributed by atoms with E-state index >= 15 is 0 Å². The minimum Gasteiger partial charge on any atom is -0.497 e. The number of anilines is 1. The third-order valence-electron chi connectivity index (χ3n) is 4.59. The number of likely N-dealkylation sites (tertiary alicyclic amines) is 1. The maximum Gasteiger partial charge on any atom is 0.255 e. The third-order valence-corrected chi connectivity index (χ3v) is 4.59. The van der Waals surface area contributed by atoms with E-state index in [-0.39, 0.29) is 11.8 Å². The Balaban J connectivity index is 1.73. The molecule has 26 heavy (non-hydrogen) atoms. The van der Waals surface area contributed by atoms with Crippen LogP contribution in [0, 0.1) is 0 Å². The topological polar surface area (TPSA) is 58.6 Å². The van der Waals surface area contributed by atoms with Gasteiger partial charge in [0, 0.05) is 36.0 Å². The molecule has 0 atom stereocenters. The van der Waals surface area contributed by atoms with Gasteiger partial charge in [0.2, 0.25) is 0 Å². The van der Waals surface area contributed by atoms with Gasteiger partial charge in [-0.2, -0.15) is 0 Å². The molecule has 1 N–H and O–H groups in total. The lowest BCUT2D eigenvalue weighted by molar-refractivity contribution is 0.0761. The molecule has 136 valence electrons. The van der Waals surface area contributed by atoms with Gasteiger partial charge in [-0.3, -0.25) is 9.59 Å². The van der Waals surface area contributed by atoms with Crippen molar-refractivity contribution in [1.29, 1.82) is 0 Å². The molecule has 5 heteroatoms. The molecule has 0 aromatic heterocycles. The molecule has 0 bridgehead atoms. The zero-order chi connectivity index (χ0) is 18.4. The van der Waals surface area contributed by atoms with Gasteiger partial charge in [0.15, 0.2) is 0 Å². The van der Waals surface area contributed by atoms with Crippen molar-refractivity contribution in [3.8, 4) is 5.75 Å². The van der Waals surface area contributed by atoms with Crippen LogP contribution in [0.5, 0.6) is 5.75 Å². The van der Waals surface area contributed by atoms with Gasteiger partial charge in [0.05, 0.1) is 7.11 Å². The Labute approximate surface area is 154 Å². The van der Waals surface area contributed by atoms with Gasteiger partial charge in [-0.05, 0) is 43.2 Å². The number of carbonyl (C=O) groups excluding carboxylic acids is 2. The molecule has 0 spiro atoms. The lowest BCUT2D eigenvalue weighted by Gasteiger charge is -2.20. The summed E-state index contributed by atoms with van der Waals surface area (Å²) in [6.45, 7) is 1.58. The molecule has 0 aliphatic carbocycles. The number of carbonyl (C=O) groups is 2. The Morgan fingerprint density at radius 2 is 1.62 bits per heavy atom. The van der Waals surface area contributed by atoms with E-state index in [4.69, 9.17) is 4.74 Å². The maximum atomic E-state index is 12.7. The molecule has 3 rings (SSSR count). The Kier molecular flexibility index (Phi) is 5.89. The molecule has 1 fully saturated rings. The smallest absolute Gasteiger partial charge is 0.255 e. The highest BCUT2D eigenvalue weighted by atomic mass is 16.5. The average Bonchev–Trinajstić information content (AvgIpc) is 2.97. The van der Waals surface area contributed by atoms with E-state index in [9.17, 15) is 9.59 Å². The first-order chi connectivity index (χ1) is 12.7. The number of ether oxygens (including phenoxy) is 1. The summed E-state index contributed by atoms with van der Waals surface area (Å²) >= 11 is 0. The van der Waals surface area contributed by atoms with Crippen LogP contribution in [0.25, 0.3) is 0 Å². The third kappa shape index (κ3) is 4.42. The van der Waals surface area contributed by atoms with Crippen molar-refractivity contribution >= 4 is 17.5 Å². The molecule has 1 aliphatic rings. The van der Waals surface area contributed by atoms with Gasteiger partial charge in [0.25, 0.3) is 11.8 Å². The van der Waals surface area contributed by atoms with E-state index in [1.807, 2.05) is 17.0 Å². The van der Waals surface area contributed by atoms with Gasteiger partial charge in [0.1, 0.15) is 5.75 Å². The van der Waals surface area contributed by atoms with Gasteiger partial charge in [-0.15, -0.1) is 0 Å². The molecular formula is C21H24N2O3. The largest absolute Gasteiger partial charge is 0.497 e. The molecule has 2 amide bonds. The van der Waals surface area contributed by atoms with E-state index in [1.165, 1.54) is 12.8 Å². The summed E-state index contributed by atoms with van der Waals surface area (Å²) in [5.74, 6) is 0.430. The summed E-state index contributed by atoms with van der Waals surface area (Å²) in [7, 11) is 1.58. The molecular weight excluding hydrogens is 328 g/mol. The fraction of sp³-hybridized carbons (Fsp3) is 0.333. The fourth-order valence-corrected chi connectivity index (χ4v) is 3.15. The van der Waals surface area contributed by atoms with E-state index in [0.717, 1.165) is 25.9 Å². The normalized spacial score (nSPS) is 14.4. The summed E-state index contributed by atoms with van der Waals surface area (Å²) in [6.07, 6.45) is 4.43. The summed E-state index contributed by atoms with van der Waals surface area (Å²) in [4.78, 5) is 27.2. The minimum absolute atomic E-state index is 0.00271. The Hall–Kier alpha value is -2.82. The molecule has 1 aliphatic heterocycles. The molecule has 0 radical (unpaired) electrons. The van der Waals surface area contributed by atoms with Crippen molar-refractivity contribution in [3.63, 3.8) is 0 Å². The van der Waals surface area contributed by atoms with Crippen molar-refractivity contribution in [2.75, 3.05) is 25.5 Å². The summed E-state index contributed by atoms with van der Waals surface area (Å²) in [6, 6.07) is 14.1. The second-order valence-electron chi connectivity index (χ2n) is 6.47. The lowest BCUT2D eigenvalue weighted by Crippen LogP contribution is -2.32. The van der Waals surface area contributed by atoms with Crippen LogP contribution in [-0.4, -0.2) is 36.9 Å². The van der Waals surface area contributed by atoms with Crippen LogP contribution >= 0.6 is 0 Å². The molecule has 0 unspecified atom stereocenters. The SMILES string of the molecule is COc1cccc(NC(=O)c2cccc(C(=O)N3CCCCCC3)c2)c1. The van der Waals surface area contributed by atoms with Crippen LogP contribution in [0.4, 0.5) is 5.69 Å². The van der Waals surface area contributed by atoms with E-state index in [2.05, 4.69) is 5.32 Å². The first kappa shape index (κ1) is 18.0. The molecule has 5 nitrogen and oxygen atoms in total. The number of hydrogen-bond donors (Lipinski definition) is 1. The second kappa shape index (κ2) is 8.52. The molecule has 1 heterocycles. The first-order valence-corrected chi connectivity index (χ1v) is 9.02. The standard InChI is InChI=1S/C21H24N2O3/c1-26-19-11-7-10-18(15-19)22-20(24)16-8-6-9-17(14-16)21(25)23-12-4-2-3-5-13-23/h6-11,14-15H,2-5,12-13H2,1H3,(H,22,24). The van der Waals surface area contributed by atoms with Crippen molar-refractivity contribution in [1.82, 2.24) is 4.90 Å². The van der Waals surface area contributed by atoms with Crippen LogP contribution in [0.15, 0.2) is 48.5 Å². The van der Waals surface area contributed by atoms with Crippen LogP contribution in [0.3, 0.4) is 0 Å². The number of hydrogen-bond acceptors (Lipinski definition) is 3. The molecule has 2 aromatic rings. The van der Waals surface area contributed by atoms with Crippen LogP contribution < -0.4 is 10.1 Å². The monoisotopic (exact) mass is 352 g/mol. The van der Waals surface area contributed by atoms with E-state index < -0.39 is 0 Å². The van der Waals surface area contributed by atoms with E-state index in [0.29, 0.717) is 22.6 Å². The molecule has 0 saturated carbocycles. The highest BCUT2D eigenvalue weighted by Gasteiger charge is 2.18. The summed E-state index contributed by atoms with van der Waals surface area (Å²) in [5.41, 5.74) is 1.68. The highest BCUT2D eigenvalue weighted by molar-refractivity contribution is 6.06. The van der Waals surface area contributed by atoms with Crippen molar-refractivity contribution in [2.45, 2.75) is 25.7 Å². The number of benzene rings is 2. The van der Waals surface area contributed by atoms with Crippen LogP contribution in [0.1, 0.15) is 46.4 Å². The van der Waals surface area contributed by atoms with E-state index in [1.54, 1.807) is 43.5 Å². The summed E-state index contributed by atoms with van der Waals surface area (Å²) in [5, 5.41) is 2.84. The molecule has 1 saturated heterocycles. The lowest BCUT2D eigenvalue weighted by atomic mass is 10.1. The van der Waals surface area contributed by atoms with Gasteiger partial charge in [-0.25, -0.2) is 0 Å². The zero-order valence-electron chi connectivity index (χ0n) is 15.0. The Bertz CT molecular complexity index is 780. The van der Waals surface area contributed by atoms with Crippen LogP contribution in [0.2, 0.25) is 0 Å². The average molecular weight is 352 g/mol. The maximum absolute atomic E-state index is 12.7. The van der Waals surface area contributed by atoms with Crippen molar-refractivity contribution in [3.05, 3.63) is 59.7 Å². The fourth-order valence-electron chi connectivity index (χ4n) is 3.15.